The first kappa shape index (κ1) is 17.0. The number of rotatable bonds is 4. The number of carbonyl (C=O) groups is 1. The van der Waals surface area contributed by atoms with Gasteiger partial charge in [0.25, 0.3) is 15.9 Å². The number of nitrogens with one attached hydrogen (secondary N) is 2. The molecule has 4 rings (SSSR count). The lowest BCUT2D eigenvalue weighted by Gasteiger charge is -2.08. The molecule has 0 aliphatic heterocycles. The summed E-state index contributed by atoms with van der Waals surface area (Å²) < 4.78 is 40.7. The number of nitrogens with zero attached hydrogens (tertiary/aromatic N) is 1. The first-order valence-electron chi connectivity index (χ1n) is 7.84. The molecule has 9 heteroatoms. The van der Waals surface area contributed by atoms with E-state index in [2.05, 4.69) is 14.7 Å². The Morgan fingerprint density at radius 1 is 1.07 bits per heavy atom. The first-order chi connectivity index (χ1) is 12.8. The van der Waals surface area contributed by atoms with Gasteiger partial charge < -0.3 is 10.7 Å². The number of H-pyrrole nitrogens is 1. The summed E-state index contributed by atoms with van der Waals surface area (Å²) in [6, 6.07) is 11.2. The van der Waals surface area contributed by atoms with Gasteiger partial charge >= 0.3 is 0 Å². The quantitative estimate of drug-likeness (QED) is 0.501. The van der Waals surface area contributed by atoms with E-state index in [1.54, 1.807) is 12.1 Å². The lowest BCUT2D eigenvalue weighted by atomic mass is 10.1. The summed E-state index contributed by atoms with van der Waals surface area (Å²) in [7, 11) is -3.88. The van der Waals surface area contributed by atoms with Crippen molar-refractivity contribution in [1.82, 2.24) is 9.97 Å². The highest BCUT2D eigenvalue weighted by Gasteiger charge is 2.18. The highest BCUT2D eigenvalue weighted by Crippen LogP contribution is 2.29. The number of aromatic nitrogens is 2. The summed E-state index contributed by atoms with van der Waals surface area (Å²) in [5.74, 6) is -1.14. The minimum absolute atomic E-state index is 0.0256. The van der Waals surface area contributed by atoms with E-state index in [-0.39, 0.29) is 16.3 Å². The van der Waals surface area contributed by atoms with Gasteiger partial charge in [-0.2, -0.15) is 0 Å². The molecule has 0 fully saturated rings. The normalized spacial score (nSPS) is 11.7. The number of hydrogen-bond donors (Lipinski definition) is 3. The lowest BCUT2D eigenvalue weighted by Crippen LogP contribution is -2.13. The molecule has 0 aliphatic rings. The van der Waals surface area contributed by atoms with Gasteiger partial charge in [0, 0.05) is 28.2 Å². The topological polar surface area (TPSA) is 118 Å². The van der Waals surface area contributed by atoms with Gasteiger partial charge in [-0.05, 0) is 48.5 Å². The van der Waals surface area contributed by atoms with Gasteiger partial charge in [-0.1, -0.05) is 0 Å². The number of primary amides is 1. The average Bonchev–Trinajstić information content (AvgIpc) is 3.01. The molecule has 7 nitrogen and oxygen atoms in total. The van der Waals surface area contributed by atoms with Crippen LogP contribution in [0.2, 0.25) is 0 Å². The van der Waals surface area contributed by atoms with E-state index in [1.807, 2.05) is 0 Å². The number of benzene rings is 2. The summed E-state index contributed by atoms with van der Waals surface area (Å²) in [5.41, 5.74) is 6.76. The van der Waals surface area contributed by atoms with Crippen molar-refractivity contribution in [2.45, 2.75) is 4.90 Å². The minimum Gasteiger partial charge on any atom is -0.364 e. The predicted molar refractivity (Wildman–Crippen MR) is 99.3 cm³/mol. The third-order valence-corrected chi connectivity index (χ3v) is 5.51. The van der Waals surface area contributed by atoms with Crippen LogP contribution in [0.5, 0.6) is 0 Å². The maximum Gasteiger partial charge on any atom is 0.269 e. The number of sulfonamides is 1. The largest absolute Gasteiger partial charge is 0.364 e. The summed E-state index contributed by atoms with van der Waals surface area (Å²) >= 11 is 0. The predicted octanol–water partition coefficient (Wildman–Crippen LogP) is 2.75. The zero-order valence-electron chi connectivity index (χ0n) is 13.7. The van der Waals surface area contributed by atoms with Crippen LogP contribution in [-0.4, -0.2) is 24.3 Å². The van der Waals surface area contributed by atoms with Crippen molar-refractivity contribution in [3.8, 4) is 0 Å². The second kappa shape index (κ2) is 6.06. The highest BCUT2D eigenvalue weighted by atomic mass is 32.2. The minimum atomic E-state index is -3.88. The van der Waals surface area contributed by atoms with Crippen molar-refractivity contribution in [2.24, 2.45) is 5.73 Å². The fourth-order valence-corrected chi connectivity index (χ4v) is 3.97. The molecular formula is C18H13FN4O3S. The molecule has 0 bridgehead atoms. The molecule has 2 aromatic heterocycles. The van der Waals surface area contributed by atoms with Crippen LogP contribution in [0.4, 0.5) is 10.1 Å². The van der Waals surface area contributed by atoms with Crippen LogP contribution in [0.15, 0.2) is 59.6 Å². The average molecular weight is 384 g/mol. The number of fused-ring (bicyclic) bond motifs is 3. The van der Waals surface area contributed by atoms with Crippen molar-refractivity contribution in [3.05, 3.63) is 66.2 Å². The summed E-state index contributed by atoms with van der Waals surface area (Å²) in [5, 5.41) is 1.24. The van der Waals surface area contributed by atoms with Crippen LogP contribution in [0.1, 0.15) is 10.5 Å². The Balaban J connectivity index is 1.83. The van der Waals surface area contributed by atoms with Crippen LogP contribution < -0.4 is 10.5 Å². The Kier molecular flexibility index (Phi) is 3.81. The maximum absolute atomic E-state index is 13.0. The molecule has 4 aromatic rings. The second-order valence-electron chi connectivity index (χ2n) is 5.89. The van der Waals surface area contributed by atoms with E-state index in [0.29, 0.717) is 21.8 Å². The maximum atomic E-state index is 13.0. The van der Waals surface area contributed by atoms with E-state index in [4.69, 9.17) is 5.73 Å². The molecule has 0 atom stereocenters. The van der Waals surface area contributed by atoms with Crippen molar-refractivity contribution in [1.29, 1.82) is 0 Å². The van der Waals surface area contributed by atoms with Gasteiger partial charge in [-0.15, -0.1) is 0 Å². The molecule has 0 saturated heterocycles. The van der Waals surface area contributed by atoms with Crippen LogP contribution >= 0.6 is 0 Å². The number of pyridine rings is 1. The Morgan fingerprint density at radius 3 is 2.52 bits per heavy atom. The highest BCUT2D eigenvalue weighted by molar-refractivity contribution is 7.92. The van der Waals surface area contributed by atoms with Gasteiger partial charge in [-0.25, -0.2) is 17.8 Å². The molecule has 4 N–H and O–H groups in total. The van der Waals surface area contributed by atoms with Crippen LogP contribution in [-0.2, 0) is 10.0 Å². The second-order valence-corrected chi connectivity index (χ2v) is 7.57. The zero-order valence-corrected chi connectivity index (χ0v) is 14.5. The van der Waals surface area contributed by atoms with Crippen molar-refractivity contribution in [2.75, 3.05) is 4.72 Å². The summed E-state index contributed by atoms with van der Waals surface area (Å²) in [6.07, 6.45) is 1.44. The standard InChI is InChI=1S/C18H13FN4O3S/c19-10-1-3-11(4-2-10)23-27(25,26)12-5-6-15-14(9-12)13-7-8-21-17(18(20)24)16(13)22-15/h1-9,22-23H,(H2,20,24). The fourth-order valence-electron chi connectivity index (χ4n) is 2.89. The zero-order chi connectivity index (χ0) is 19.2. The molecule has 1 amide bonds. The first-order valence-corrected chi connectivity index (χ1v) is 9.32. The van der Waals surface area contributed by atoms with Crippen LogP contribution in [0, 0.1) is 5.82 Å². The van der Waals surface area contributed by atoms with Crippen LogP contribution in [0.25, 0.3) is 21.8 Å². The van der Waals surface area contributed by atoms with E-state index in [1.165, 1.54) is 42.6 Å². The SMILES string of the molecule is NC(=O)c1nccc2c1[nH]c1ccc(S(=O)(=O)Nc3ccc(F)cc3)cc12. The third kappa shape index (κ3) is 2.97. The number of hydrogen-bond acceptors (Lipinski definition) is 4. The molecular weight excluding hydrogens is 371 g/mol. The van der Waals surface area contributed by atoms with E-state index in [9.17, 15) is 17.6 Å². The Bertz CT molecular complexity index is 1300. The molecule has 0 aliphatic carbocycles. The smallest absolute Gasteiger partial charge is 0.269 e. The molecule has 2 aromatic carbocycles. The number of anilines is 1. The fraction of sp³-hybridized carbons (Fsp3) is 0. The van der Waals surface area contributed by atoms with Gasteiger partial charge in [0.05, 0.1) is 10.4 Å². The van der Waals surface area contributed by atoms with Gasteiger partial charge in [0.15, 0.2) is 5.69 Å². The van der Waals surface area contributed by atoms with Crippen molar-refractivity contribution < 1.29 is 17.6 Å². The molecule has 2 heterocycles. The van der Waals surface area contributed by atoms with Crippen molar-refractivity contribution >= 4 is 43.4 Å². The Morgan fingerprint density at radius 2 is 1.81 bits per heavy atom. The molecule has 0 spiro atoms. The van der Waals surface area contributed by atoms with E-state index < -0.39 is 21.7 Å². The van der Waals surface area contributed by atoms with Gasteiger partial charge in [0.1, 0.15) is 5.82 Å². The number of nitrogens with two attached hydrogens (primary N) is 1. The number of carbonyl (C=O) groups excluding carboxylic acids is 1. The molecule has 136 valence electrons. The van der Waals surface area contributed by atoms with Crippen molar-refractivity contribution in [3.63, 3.8) is 0 Å². The number of aromatic amines is 1. The summed E-state index contributed by atoms with van der Waals surface area (Å²) in [4.78, 5) is 18.6. The monoisotopic (exact) mass is 384 g/mol. The van der Waals surface area contributed by atoms with Crippen LogP contribution in [0.3, 0.4) is 0 Å². The Hall–Kier alpha value is -3.46. The van der Waals surface area contributed by atoms with Gasteiger partial charge in [-0.3, -0.25) is 9.52 Å². The Labute approximate surface area is 153 Å². The molecule has 0 unspecified atom stereocenters. The number of halogens is 1. The van der Waals surface area contributed by atoms with E-state index in [0.717, 1.165) is 0 Å². The van der Waals surface area contributed by atoms with E-state index >= 15 is 0 Å². The third-order valence-electron chi connectivity index (χ3n) is 4.13. The lowest BCUT2D eigenvalue weighted by molar-refractivity contribution is 0.0997. The molecule has 0 radical (unpaired) electrons. The molecule has 27 heavy (non-hydrogen) atoms. The summed E-state index contributed by atoms with van der Waals surface area (Å²) in [6.45, 7) is 0. The van der Waals surface area contributed by atoms with Gasteiger partial charge in [0.2, 0.25) is 0 Å². The molecule has 0 saturated carbocycles. The number of amides is 1.